The second-order valence-electron chi connectivity index (χ2n) is 10.3. The van der Waals surface area contributed by atoms with Gasteiger partial charge < -0.3 is 25.4 Å². The highest BCUT2D eigenvalue weighted by atomic mass is 16.5. The molecule has 35 heavy (non-hydrogen) atoms. The van der Waals surface area contributed by atoms with E-state index < -0.39 is 5.60 Å². The molecule has 0 aliphatic carbocycles. The van der Waals surface area contributed by atoms with Crippen molar-refractivity contribution in [3.8, 4) is 11.1 Å². The highest BCUT2D eigenvalue weighted by Crippen LogP contribution is 2.43. The van der Waals surface area contributed by atoms with Crippen molar-refractivity contribution >= 4 is 6.03 Å². The summed E-state index contributed by atoms with van der Waals surface area (Å²) in [7, 11) is 1.72. The molecule has 0 aromatic heterocycles. The van der Waals surface area contributed by atoms with E-state index in [1.165, 1.54) is 5.56 Å². The van der Waals surface area contributed by atoms with Gasteiger partial charge in [-0.25, -0.2) is 4.79 Å². The van der Waals surface area contributed by atoms with Crippen LogP contribution in [0.2, 0.25) is 0 Å². The molecule has 6 nitrogen and oxygen atoms in total. The van der Waals surface area contributed by atoms with Crippen molar-refractivity contribution in [2.45, 2.75) is 57.1 Å². The molecule has 2 aromatic carbocycles. The zero-order chi connectivity index (χ0) is 24.8. The van der Waals surface area contributed by atoms with Gasteiger partial charge in [0.2, 0.25) is 0 Å². The van der Waals surface area contributed by atoms with Crippen molar-refractivity contribution in [2.24, 2.45) is 11.7 Å². The van der Waals surface area contributed by atoms with Crippen molar-refractivity contribution in [3.63, 3.8) is 0 Å². The Kier molecular flexibility index (Phi) is 8.47. The van der Waals surface area contributed by atoms with Crippen molar-refractivity contribution in [1.82, 2.24) is 9.80 Å². The number of carbonyl (C=O) groups excluding carboxylic acids is 1. The second kappa shape index (κ2) is 11.5. The monoisotopic (exact) mass is 479 g/mol. The number of methoxy groups -OCH3 is 1. The van der Waals surface area contributed by atoms with Crippen LogP contribution in [-0.2, 0) is 10.3 Å². The van der Waals surface area contributed by atoms with E-state index >= 15 is 0 Å². The maximum atomic E-state index is 13.3. The van der Waals surface area contributed by atoms with Crippen LogP contribution in [0.3, 0.4) is 0 Å². The summed E-state index contributed by atoms with van der Waals surface area (Å²) in [4.78, 5) is 17.1. The molecule has 3 atom stereocenters. The van der Waals surface area contributed by atoms with E-state index in [0.29, 0.717) is 26.1 Å². The van der Waals surface area contributed by atoms with Gasteiger partial charge in [-0.15, -0.1) is 0 Å². The van der Waals surface area contributed by atoms with Crippen LogP contribution < -0.4 is 5.73 Å². The number of hydrogen-bond acceptors (Lipinski definition) is 4. The number of amides is 2. The van der Waals surface area contributed by atoms with Crippen LogP contribution in [0.1, 0.15) is 49.7 Å². The van der Waals surface area contributed by atoms with E-state index in [4.69, 9.17) is 10.5 Å². The van der Waals surface area contributed by atoms with Gasteiger partial charge in [0.05, 0.1) is 5.60 Å². The Bertz CT molecular complexity index is 979. The number of piperidine rings is 1. The molecule has 2 heterocycles. The Labute approximate surface area is 210 Å². The number of aryl methyl sites for hydroxylation is 1. The fraction of sp³-hybridized carbons (Fsp3) is 0.552. The quantitative estimate of drug-likeness (QED) is 0.545. The molecule has 2 aliphatic heterocycles. The average Bonchev–Trinajstić information content (AvgIpc) is 3.33. The molecule has 190 valence electrons. The van der Waals surface area contributed by atoms with Crippen LogP contribution in [0, 0.1) is 12.8 Å². The van der Waals surface area contributed by atoms with E-state index in [9.17, 15) is 9.90 Å². The molecule has 2 fully saturated rings. The lowest BCUT2D eigenvalue weighted by Crippen LogP contribution is -2.51. The lowest BCUT2D eigenvalue weighted by atomic mass is 9.72. The highest BCUT2D eigenvalue weighted by Gasteiger charge is 2.43. The zero-order valence-corrected chi connectivity index (χ0v) is 21.3. The summed E-state index contributed by atoms with van der Waals surface area (Å²) in [5.41, 5.74) is 9.38. The molecule has 2 amide bonds. The number of nitrogens with zero attached hydrogens (tertiary/aromatic N) is 2. The number of urea groups is 1. The number of benzene rings is 2. The van der Waals surface area contributed by atoms with Gasteiger partial charge in [0, 0.05) is 51.9 Å². The Morgan fingerprint density at radius 3 is 2.51 bits per heavy atom. The van der Waals surface area contributed by atoms with Crippen molar-refractivity contribution in [3.05, 3.63) is 59.7 Å². The third kappa shape index (κ3) is 5.88. The van der Waals surface area contributed by atoms with Crippen LogP contribution in [0.25, 0.3) is 11.1 Å². The van der Waals surface area contributed by atoms with Gasteiger partial charge >= 0.3 is 6.03 Å². The molecule has 4 rings (SSSR count). The minimum atomic E-state index is -1.03. The van der Waals surface area contributed by atoms with E-state index in [-0.39, 0.29) is 18.0 Å². The van der Waals surface area contributed by atoms with Crippen LogP contribution in [0.5, 0.6) is 0 Å². The Morgan fingerprint density at radius 1 is 1.06 bits per heavy atom. The lowest BCUT2D eigenvalue weighted by Gasteiger charge is -2.44. The van der Waals surface area contributed by atoms with Crippen molar-refractivity contribution in [1.29, 1.82) is 0 Å². The van der Waals surface area contributed by atoms with Crippen LogP contribution >= 0.6 is 0 Å². The number of hydrogen-bond donors (Lipinski definition) is 2. The van der Waals surface area contributed by atoms with Gasteiger partial charge in [-0.3, -0.25) is 0 Å². The predicted octanol–water partition coefficient (Wildman–Crippen LogP) is 4.53. The minimum Gasteiger partial charge on any atom is -0.385 e. The normalized spacial score (nSPS) is 22.3. The Morgan fingerprint density at radius 2 is 1.80 bits per heavy atom. The Hall–Kier alpha value is -2.41. The summed E-state index contributed by atoms with van der Waals surface area (Å²) >= 11 is 0. The number of carbonyl (C=O) groups is 1. The van der Waals surface area contributed by atoms with Crippen LogP contribution in [0.15, 0.2) is 48.5 Å². The summed E-state index contributed by atoms with van der Waals surface area (Å²) in [5, 5.41) is 12.5. The van der Waals surface area contributed by atoms with Gasteiger partial charge in [0.15, 0.2) is 0 Å². The minimum absolute atomic E-state index is 0.0365. The zero-order valence-electron chi connectivity index (χ0n) is 21.3. The molecule has 0 saturated carbocycles. The smallest absolute Gasteiger partial charge is 0.320 e. The molecule has 2 aliphatic rings. The lowest BCUT2D eigenvalue weighted by molar-refractivity contribution is -0.0571. The van der Waals surface area contributed by atoms with E-state index in [2.05, 4.69) is 43.3 Å². The molecule has 6 heteroatoms. The van der Waals surface area contributed by atoms with Crippen molar-refractivity contribution in [2.75, 3.05) is 39.9 Å². The predicted molar refractivity (Wildman–Crippen MR) is 140 cm³/mol. The molecule has 2 saturated heterocycles. The SMILES string of the molecule is COCCCC[C@@](O)(c1ccccc1-c1ccc(C)cc1)C1CCCN(C(=O)N2CCC(N)C2)C1. The van der Waals surface area contributed by atoms with Gasteiger partial charge in [0.1, 0.15) is 0 Å². The number of ether oxygens (including phenoxy) is 1. The first kappa shape index (κ1) is 25.7. The number of aliphatic hydroxyl groups is 1. The number of likely N-dealkylation sites (tertiary alicyclic amines) is 2. The Balaban J connectivity index is 1.64. The largest absolute Gasteiger partial charge is 0.385 e. The summed E-state index contributed by atoms with van der Waals surface area (Å²) in [5.74, 6) is -0.0365. The number of nitrogens with two attached hydrogens (primary N) is 1. The molecule has 0 spiro atoms. The molecule has 0 bridgehead atoms. The summed E-state index contributed by atoms with van der Waals surface area (Å²) in [6.45, 7) is 5.41. The van der Waals surface area contributed by atoms with Gasteiger partial charge in [-0.05, 0) is 62.1 Å². The second-order valence-corrected chi connectivity index (χ2v) is 10.3. The van der Waals surface area contributed by atoms with Crippen molar-refractivity contribution < 1.29 is 14.6 Å². The maximum absolute atomic E-state index is 13.3. The van der Waals surface area contributed by atoms with Gasteiger partial charge in [0.25, 0.3) is 0 Å². The summed E-state index contributed by atoms with van der Waals surface area (Å²) < 4.78 is 5.28. The van der Waals surface area contributed by atoms with Gasteiger partial charge in [-0.2, -0.15) is 0 Å². The first-order valence-electron chi connectivity index (χ1n) is 13.1. The fourth-order valence-corrected chi connectivity index (χ4v) is 5.75. The standard InChI is InChI=1S/C29H41N3O3/c1-22-11-13-23(14-12-22)26-9-3-4-10-27(26)29(34,16-5-6-19-35-2)24-8-7-17-31(20-24)28(33)32-18-15-25(30)21-32/h3-4,9-14,24-25,34H,5-8,15-21,30H2,1-2H3/t24?,25?,29-/m0/s1. The fourth-order valence-electron chi connectivity index (χ4n) is 5.75. The molecule has 3 N–H and O–H groups in total. The topological polar surface area (TPSA) is 79.0 Å². The molecular formula is C29H41N3O3. The van der Waals surface area contributed by atoms with E-state index in [0.717, 1.165) is 61.9 Å². The first-order chi connectivity index (χ1) is 16.9. The third-order valence-corrected chi connectivity index (χ3v) is 7.77. The average molecular weight is 480 g/mol. The molecule has 0 radical (unpaired) electrons. The molecule has 2 unspecified atom stereocenters. The van der Waals surface area contributed by atoms with Crippen LogP contribution in [-0.4, -0.2) is 66.9 Å². The molecule has 2 aromatic rings. The van der Waals surface area contributed by atoms with E-state index in [1.54, 1.807) is 7.11 Å². The third-order valence-electron chi connectivity index (χ3n) is 7.77. The van der Waals surface area contributed by atoms with Gasteiger partial charge in [-0.1, -0.05) is 54.1 Å². The number of rotatable bonds is 8. The first-order valence-corrected chi connectivity index (χ1v) is 13.1. The molecular weight excluding hydrogens is 438 g/mol. The highest BCUT2D eigenvalue weighted by molar-refractivity contribution is 5.75. The number of unbranched alkanes of at least 4 members (excludes halogenated alkanes) is 1. The summed E-state index contributed by atoms with van der Waals surface area (Å²) in [6, 6.07) is 16.9. The maximum Gasteiger partial charge on any atom is 0.320 e. The summed E-state index contributed by atoms with van der Waals surface area (Å²) in [6.07, 6.45) is 5.04. The van der Waals surface area contributed by atoms with Crippen LogP contribution in [0.4, 0.5) is 4.79 Å². The van der Waals surface area contributed by atoms with E-state index in [1.807, 2.05) is 21.9 Å².